The van der Waals surface area contributed by atoms with E-state index in [4.69, 9.17) is 0 Å². The molecule has 0 aliphatic heterocycles. The molecule has 2 aromatic carbocycles. The Kier molecular flexibility index (Phi) is 5.57. The highest BCUT2D eigenvalue weighted by atomic mass is 127. The van der Waals surface area contributed by atoms with Gasteiger partial charge in [0.25, 0.3) is 0 Å². The Morgan fingerprint density at radius 3 is 2.55 bits per heavy atom. The van der Waals surface area contributed by atoms with Crippen molar-refractivity contribution in [3.8, 4) is 0 Å². The van der Waals surface area contributed by atoms with E-state index in [1.54, 1.807) is 6.07 Å². The van der Waals surface area contributed by atoms with E-state index >= 15 is 0 Å². The lowest BCUT2D eigenvalue weighted by Gasteiger charge is -2.22. The SMILES string of the molecule is CCNC(c1cccc(Br)c1F)c1cccc(C)c1I. The predicted molar refractivity (Wildman–Crippen MR) is 93.5 cm³/mol. The summed E-state index contributed by atoms with van der Waals surface area (Å²) in [5.74, 6) is -0.198. The zero-order valence-electron chi connectivity index (χ0n) is 11.4. The van der Waals surface area contributed by atoms with Crippen LogP contribution in [0.25, 0.3) is 0 Å². The van der Waals surface area contributed by atoms with Gasteiger partial charge in [0.1, 0.15) is 5.82 Å². The van der Waals surface area contributed by atoms with Gasteiger partial charge in [0.2, 0.25) is 0 Å². The molecule has 2 aromatic rings. The first-order chi connectivity index (χ1) is 9.56. The second kappa shape index (κ2) is 7.00. The van der Waals surface area contributed by atoms with Gasteiger partial charge in [0.15, 0.2) is 0 Å². The Hall–Kier alpha value is -0.460. The van der Waals surface area contributed by atoms with E-state index in [2.05, 4.69) is 62.9 Å². The molecule has 0 aliphatic carbocycles. The fourth-order valence-corrected chi connectivity index (χ4v) is 3.28. The lowest BCUT2D eigenvalue weighted by molar-refractivity contribution is 0.553. The first kappa shape index (κ1) is 15.9. The third-order valence-electron chi connectivity index (χ3n) is 3.23. The summed E-state index contributed by atoms with van der Waals surface area (Å²) in [5.41, 5.74) is 3.00. The summed E-state index contributed by atoms with van der Waals surface area (Å²) in [7, 11) is 0. The lowest BCUT2D eigenvalue weighted by atomic mass is 9.97. The highest BCUT2D eigenvalue weighted by Crippen LogP contribution is 2.31. The average molecular weight is 448 g/mol. The van der Waals surface area contributed by atoms with E-state index < -0.39 is 0 Å². The molecule has 0 amide bonds. The molecule has 1 atom stereocenters. The maximum atomic E-state index is 14.4. The van der Waals surface area contributed by atoms with Crippen LogP contribution < -0.4 is 5.32 Å². The van der Waals surface area contributed by atoms with Gasteiger partial charge in [-0.25, -0.2) is 4.39 Å². The van der Waals surface area contributed by atoms with Crippen LogP contribution in [0.15, 0.2) is 40.9 Å². The van der Waals surface area contributed by atoms with Crippen molar-refractivity contribution in [3.63, 3.8) is 0 Å². The molecular formula is C16H16BrFIN. The molecular weight excluding hydrogens is 432 g/mol. The van der Waals surface area contributed by atoms with Crippen LogP contribution in [0, 0.1) is 16.3 Å². The predicted octanol–water partition coefficient (Wildman–Crippen LogP) is 5.20. The molecule has 1 unspecified atom stereocenters. The summed E-state index contributed by atoms with van der Waals surface area (Å²) in [6, 6.07) is 11.5. The molecule has 106 valence electrons. The zero-order chi connectivity index (χ0) is 14.7. The summed E-state index contributed by atoms with van der Waals surface area (Å²) in [6.07, 6.45) is 0. The Labute approximate surface area is 141 Å². The minimum Gasteiger partial charge on any atom is -0.306 e. The van der Waals surface area contributed by atoms with Gasteiger partial charge in [-0.1, -0.05) is 37.3 Å². The molecule has 0 spiro atoms. The monoisotopic (exact) mass is 447 g/mol. The van der Waals surface area contributed by atoms with Crippen LogP contribution >= 0.6 is 38.5 Å². The molecule has 1 nitrogen and oxygen atoms in total. The van der Waals surface area contributed by atoms with E-state index in [-0.39, 0.29) is 11.9 Å². The third-order valence-corrected chi connectivity index (χ3v) is 5.32. The Bertz CT molecular complexity index is 564. The molecule has 0 heterocycles. The number of aryl methyl sites for hydroxylation is 1. The van der Waals surface area contributed by atoms with E-state index in [1.807, 2.05) is 25.1 Å². The first-order valence-corrected chi connectivity index (χ1v) is 8.35. The van der Waals surface area contributed by atoms with Crippen LogP contribution in [0.1, 0.15) is 29.7 Å². The Morgan fingerprint density at radius 1 is 1.20 bits per heavy atom. The number of hydrogen-bond acceptors (Lipinski definition) is 1. The Morgan fingerprint density at radius 2 is 1.85 bits per heavy atom. The largest absolute Gasteiger partial charge is 0.306 e. The van der Waals surface area contributed by atoms with Crippen molar-refractivity contribution in [3.05, 3.63) is 66.9 Å². The molecule has 0 fully saturated rings. The van der Waals surface area contributed by atoms with Crippen molar-refractivity contribution in [1.82, 2.24) is 5.32 Å². The van der Waals surface area contributed by atoms with Gasteiger partial charge in [-0.2, -0.15) is 0 Å². The molecule has 2 rings (SSSR count). The first-order valence-electron chi connectivity index (χ1n) is 6.48. The number of halogens is 3. The van der Waals surface area contributed by atoms with Crippen LogP contribution in [-0.2, 0) is 0 Å². The van der Waals surface area contributed by atoms with Crippen LogP contribution in [0.5, 0.6) is 0 Å². The van der Waals surface area contributed by atoms with Crippen LogP contribution in [0.2, 0.25) is 0 Å². The van der Waals surface area contributed by atoms with E-state index in [9.17, 15) is 4.39 Å². The topological polar surface area (TPSA) is 12.0 Å². The summed E-state index contributed by atoms with van der Waals surface area (Å²) in [6.45, 7) is 4.89. The van der Waals surface area contributed by atoms with Crippen molar-refractivity contribution in [2.24, 2.45) is 0 Å². The molecule has 0 saturated carbocycles. The standard InChI is InChI=1S/C16H16BrFIN/c1-3-20-16(11-7-5-9-13(17)14(11)18)12-8-4-6-10(2)15(12)19/h4-9,16,20H,3H2,1-2H3. The van der Waals surface area contributed by atoms with Gasteiger partial charge in [-0.05, 0) is 69.2 Å². The molecule has 0 aromatic heterocycles. The van der Waals surface area contributed by atoms with Gasteiger partial charge in [-0.15, -0.1) is 0 Å². The number of rotatable bonds is 4. The summed E-state index contributed by atoms with van der Waals surface area (Å²) in [5, 5.41) is 3.39. The molecule has 0 radical (unpaired) electrons. The highest BCUT2D eigenvalue weighted by molar-refractivity contribution is 14.1. The fraction of sp³-hybridized carbons (Fsp3) is 0.250. The van der Waals surface area contributed by atoms with Gasteiger partial charge < -0.3 is 5.32 Å². The van der Waals surface area contributed by atoms with Crippen molar-refractivity contribution >= 4 is 38.5 Å². The Balaban J connectivity index is 2.56. The van der Waals surface area contributed by atoms with E-state index in [0.29, 0.717) is 10.0 Å². The van der Waals surface area contributed by atoms with Crippen molar-refractivity contribution in [2.45, 2.75) is 19.9 Å². The van der Waals surface area contributed by atoms with E-state index in [0.717, 1.165) is 12.1 Å². The highest BCUT2D eigenvalue weighted by Gasteiger charge is 2.20. The third kappa shape index (κ3) is 3.23. The second-order valence-electron chi connectivity index (χ2n) is 4.61. The zero-order valence-corrected chi connectivity index (χ0v) is 15.1. The number of hydrogen-bond donors (Lipinski definition) is 1. The molecule has 0 saturated heterocycles. The molecule has 4 heteroatoms. The molecule has 0 aliphatic rings. The quantitative estimate of drug-likeness (QED) is 0.635. The number of nitrogens with one attached hydrogen (secondary N) is 1. The normalized spacial score (nSPS) is 12.4. The van der Waals surface area contributed by atoms with Gasteiger partial charge >= 0.3 is 0 Å². The lowest BCUT2D eigenvalue weighted by Crippen LogP contribution is -2.24. The van der Waals surface area contributed by atoms with Gasteiger partial charge in [-0.3, -0.25) is 0 Å². The van der Waals surface area contributed by atoms with Crippen molar-refractivity contribution in [2.75, 3.05) is 6.54 Å². The number of benzene rings is 2. The van der Waals surface area contributed by atoms with Crippen LogP contribution in [0.4, 0.5) is 4.39 Å². The van der Waals surface area contributed by atoms with Crippen LogP contribution in [-0.4, -0.2) is 6.54 Å². The summed E-state index contributed by atoms with van der Waals surface area (Å²) < 4.78 is 16.1. The van der Waals surface area contributed by atoms with Crippen molar-refractivity contribution in [1.29, 1.82) is 0 Å². The average Bonchev–Trinajstić information content (AvgIpc) is 2.43. The van der Waals surface area contributed by atoms with Crippen LogP contribution in [0.3, 0.4) is 0 Å². The van der Waals surface area contributed by atoms with Gasteiger partial charge in [0.05, 0.1) is 10.5 Å². The summed E-state index contributed by atoms with van der Waals surface area (Å²) in [4.78, 5) is 0. The maximum absolute atomic E-state index is 14.4. The second-order valence-corrected chi connectivity index (χ2v) is 6.54. The molecule has 20 heavy (non-hydrogen) atoms. The smallest absolute Gasteiger partial charge is 0.142 e. The van der Waals surface area contributed by atoms with Crippen molar-refractivity contribution < 1.29 is 4.39 Å². The molecule has 0 bridgehead atoms. The van der Waals surface area contributed by atoms with E-state index in [1.165, 1.54) is 9.13 Å². The minimum absolute atomic E-state index is 0.135. The minimum atomic E-state index is -0.198. The molecule has 1 N–H and O–H groups in total. The maximum Gasteiger partial charge on any atom is 0.142 e. The fourth-order valence-electron chi connectivity index (χ4n) is 2.23. The van der Waals surface area contributed by atoms with Gasteiger partial charge in [0, 0.05) is 9.13 Å². The summed E-state index contributed by atoms with van der Waals surface area (Å²) >= 11 is 5.60.